The Morgan fingerprint density at radius 2 is 1.07 bits per heavy atom. The molecule has 0 fully saturated rings. The average molecular weight is 593 g/mol. The molecule has 0 spiro atoms. The number of imide groups is 1. The predicted molar refractivity (Wildman–Crippen MR) is 182 cm³/mol. The highest BCUT2D eigenvalue weighted by atomic mass is 16.2. The highest BCUT2D eigenvalue weighted by Crippen LogP contribution is 2.40. The van der Waals surface area contributed by atoms with E-state index in [1.807, 2.05) is 18.2 Å². The van der Waals surface area contributed by atoms with Crippen molar-refractivity contribution in [2.24, 2.45) is 0 Å². The lowest BCUT2D eigenvalue weighted by atomic mass is 10.1. The van der Waals surface area contributed by atoms with Gasteiger partial charge < -0.3 is 9.13 Å². The number of nitrogens with zero attached hydrogens (tertiary/aromatic N) is 4. The number of hydrogen-bond acceptors (Lipinski definition) is 3. The Labute approximate surface area is 263 Å². The second-order valence-electron chi connectivity index (χ2n) is 11.7. The fourth-order valence-corrected chi connectivity index (χ4v) is 7.03. The first-order chi connectivity index (χ1) is 22.5. The number of carbonyl (C=O) groups is 2. The molecule has 2 amide bonds. The molecule has 0 saturated carbocycles. The molecular weight excluding hydrogens is 568 g/mol. The number of nitriles is 1. The summed E-state index contributed by atoms with van der Waals surface area (Å²) in [5.74, 6) is -0.777. The van der Waals surface area contributed by atoms with Crippen molar-refractivity contribution in [3.05, 3.63) is 150 Å². The van der Waals surface area contributed by atoms with Crippen LogP contribution in [0.25, 0.3) is 55.0 Å². The molecule has 0 unspecified atom stereocenters. The Kier molecular flexibility index (Phi) is 5.38. The fraction of sp³-hybridized carbons (Fsp3) is 0.0250. The van der Waals surface area contributed by atoms with Crippen LogP contribution in [-0.4, -0.2) is 20.9 Å². The van der Waals surface area contributed by atoms with Gasteiger partial charge in [-0.3, -0.25) is 9.59 Å². The Morgan fingerprint density at radius 1 is 0.522 bits per heavy atom. The molecule has 0 bridgehead atoms. The second kappa shape index (κ2) is 9.52. The first-order valence-electron chi connectivity index (χ1n) is 15.1. The maximum atomic E-state index is 13.3. The maximum Gasteiger partial charge on any atom is 0.266 e. The van der Waals surface area contributed by atoms with Crippen molar-refractivity contribution in [1.29, 1.82) is 5.26 Å². The van der Waals surface area contributed by atoms with E-state index in [1.165, 1.54) is 10.9 Å². The van der Waals surface area contributed by atoms with Crippen molar-refractivity contribution >= 4 is 61.1 Å². The summed E-state index contributed by atoms with van der Waals surface area (Å²) in [6.07, 6.45) is 0. The summed E-state index contributed by atoms with van der Waals surface area (Å²) in [6.45, 7) is 2.09. The minimum atomic E-state index is -0.388. The van der Waals surface area contributed by atoms with Gasteiger partial charge in [-0.25, -0.2) is 4.90 Å². The summed E-state index contributed by atoms with van der Waals surface area (Å²) in [7, 11) is 0. The molecule has 0 radical (unpaired) electrons. The number of rotatable bonds is 3. The molecule has 6 heteroatoms. The molecule has 1 aliphatic rings. The molecule has 0 atom stereocenters. The summed E-state index contributed by atoms with van der Waals surface area (Å²) in [5.41, 5.74) is 8.49. The molecule has 216 valence electrons. The van der Waals surface area contributed by atoms with E-state index in [0.717, 1.165) is 48.8 Å². The molecular formula is C40H24N4O2. The van der Waals surface area contributed by atoms with Gasteiger partial charge in [0.2, 0.25) is 0 Å². The van der Waals surface area contributed by atoms with Gasteiger partial charge in [0.15, 0.2) is 0 Å². The summed E-state index contributed by atoms with van der Waals surface area (Å²) >= 11 is 0. The van der Waals surface area contributed by atoms with Crippen molar-refractivity contribution in [2.75, 3.05) is 4.90 Å². The number of para-hydroxylation sites is 2. The summed E-state index contributed by atoms with van der Waals surface area (Å²) in [5, 5.41) is 14.9. The van der Waals surface area contributed by atoms with Crippen LogP contribution in [0.5, 0.6) is 0 Å². The van der Waals surface area contributed by atoms with Crippen molar-refractivity contribution in [2.45, 2.75) is 6.92 Å². The van der Waals surface area contributed by atoms with Crippen LogP contribution in [0.4, 0.5) is 5.69 Å². The van der Waals surface area contributed by atoms with Gasteiger partial charge in [-0.05, 0) is 73.7 Å². The molecule has 0 N–H and O–H groups in total. The van der Waals surface area contributed by atoms with Crippen molar-refractivity contribution in [3.63, 3.8) is 0 Å². The molecule has 1 aliphatic heterocycles. The number of amides is 2. The lowest BCUT2D eigenvalue weighted by Gasteiger charge is -2.17. The van der Waals surface area contributed by atoms with Gasteiger partial charge in [0.05, 0.1) is 50.1 Å². The fourth-order valence-electron chi connectivity index (χ4n) is 7.03. The first kappa shape index (κ1) is 26.0. The monoisotopic (exact) mass is 592 g/mol. The number of benzene rings is 6. The lowest BCUT2D eigenvalue weighted by Crippen LogP contribution is -2.29. The van der Waals surface area contributed by atoms with Gasteiger partial charge in [-0.15, -0.1) is 0 Å². The standard InChI is InChI=1S/C40H24N4O2/c1-24-14-16-26(17-15-24)42-35-12-6-4-8-28(35)32-21-33-29-9-5-7-13-36(29)44(38(33)22-37(32)42)34-19-18-27(20-25(34)23-41)43-39(45)30-10-2-3-11-31(30)40(43)46/h2-22H,1H3. The van der Waals surface area contributed by atoms with Crippen molar-refractivity contribution < 1.29 is 9.59 Å². The Morgan fingerprint density at radius 3 is 1.70 bits per heavy atom. The topological polar surface area (TPSA) is 71.0 Å². The zero-order chi connectivity index (χ0) is 31.1. The van der Waals surface area contributed by atoms with E-state index in [0.29, 0.717) is 28.1 Å². The molecule has 0 saturated heterocycles. The van der Waals surface area contributed by atoms with Gasteiger partial charge in [-0.2, -0.15) is 5.26 Å². The van der Waals surface area contributed by atoms with Crippen LogP contribution in [0.1, 0.15) is 31.8 Å². The molecule has 6 nitrogen and oxygen atoms in total. The molecule has 3 heterocycles. The highest BCUT2D eigenvalue weighted by molar-refractivity contribution is 6.34. The van der Waals surface area contributed by atoms with Crippen LogP contribution < -0.4 is 4.90 Å². The van der Waals surface area contributed by atoms with Gasteiger partial charge in [0, 0.05) is 27.2 Å². The lowest BCUT2D eigenvalue weighted by molar-refractivity contribution is 0.0926. The van der Waals surface area contributed by atoms with E-state index < -0.39 is 0 Å². The summed E-state index contributed by atoms with van der Waals surface area (Å²) in [6, 6.07) is 44.1. The smallest absolute Gasteiger partial charge is 0.266 e. The molecule has 9 rings (SSSR count). The van der Waals surface area contributed by atoms with E-state index >= 15 is 0 Å². The van der Waals surface area contributed by atoms with Crippen LogP contribution in [-0.2, 0) is 0 Å². The minimum absolute atomic E-state index is 0.357. The summed E-state index contributed by atoms with van der Waals surface area (Å²) in [4.78, 5) is 27.7. The van der Waals surface area contributed by atoms with Crippen LogP contribution in [0.3, 0.4) is 0 Å². The van der Waals surface area contributed by atoms with Gasteiger partial charge in [-0.1, -0.05) is 66.2 Å². The van der Waals surface area contributed by atoms with Crippen molar-refractivity contribution in [1.82, 2.24) is 9.13 Å². The number of carbonyl (C=O) groups excluding carboxylic acids is 2. The maximum absolute atomic E-state index is 13.3. The quantitative estimate of drug-likeness (QED) is 0.192. The number of anilines is 1. The number of aryl methyl sites for hydroxylation is 1. The van der Waals surface area contributed by atoms with Gasteiger partial charge in [0.25, 0.3) is 11.8 Å². The SMILES string of the molecule is Cc1ccc(-n2c3ccccc3c3cc4c5ccccc5n(-c5ccc(N6C(=O)c7ccccc7C6=O)cc5C#N)c4cc32)cc1. The molecule has 0 aliphatic carbocycles. The third kappa shape index (κ3) is 3.51. The van der Waals surface area contributed by atoms with E-state index in [1.54, 1.807) is 36.4 Å². The minimum Gasteiger partial charge on any atom is -0.309 e. The predicted octanol–water partition coefficient (Wildman–Crippen LogP) is 8.86. The molecule has 6 aromatic carbocycles. The summed E-state index contributed by atoms with van der Waals surface area (Å²) < 4.78 is 4.41. The third-order valence-corrected chi connectivity index (χ3v) is 9.15. The molecule has 2 aromatic heterocycles. The zero-order valence-corrected chi connectivity index (χ0v) is 24.7. The van der Waals surface area contributed by atoms with Crippen LogP contribution in [0.15, 0.2) is 127 Å². The third-order valence-electron chi connectivity index (χ3n) is 9.15. The van der Waals surface area contributed by atoms with Gasteiger partial charge in [0.1, 0.15) is 6.07 Å². The van der Waals surface area contributed by atoms with E-state index in [-0.39, 0.29) is 11.8 Å². The highest BCUT2D eigenvalue weighted by Gasteiger charge is 2.36. The van der Waals surface area contributed by atoms with Crippen LogP contribution in [0.2, 0.25) is 0 Å². The van der Waals surface area contributed by atoms with Crippen LogP contribution >= 0.6 is 0 Å². The number of hydrogen-bond donors (Lipinski definition) is 0. The average Bonchev–Trinajstić information content (AvgIpc) is 3.68. The Balaban J connectivity index is 1.31. The Bertz CT molecular complexity index is 2620. The largest absolute Gasteiger partial charge is 0.309 e. The van der Waals surface area contributed by atoms with Gasteiger partial charge >= 0.3 is 0 Å². The second-order valence-corrected chi connectivity index (χ2v) is 11.7. The van der Waals surface area contributed by atoms with E-state index in [2.05, 4.69) is 94.9 Å². The number of aromatic nitrogens is 2. The Hall–Kier alpha value is -6.45. The molecule has 46 heavy (non-hydrogen) atoms. The van der Waals surface area contributed by atoms with Crippen LogP contribution in [0, 0.1) is 18.3 Å². The number of fused-ring (bicyclic) bond motifs is 7. The zero-order valence-electron chi connectivity index (χ0n) is 24.7. The first-order valence-corrected chi connectivity index (χ1v) is 15.1. The normalized spacial score (nSPS) is 12.9. The van der Waals surface area contributed by atoms with E-state index in [9.17, 15) is 14.9 Å². The molecule has 8 aromatic rings. The van der Waals surface area contributed by atoms with E-state index in [4.69, 9.17) is 0 Å². The van der Waals surface area contributed by atoms with Crippen molar-refractivity contribution in [3.8, 4) is 17.4 Å².